The Morgan fingerprint density at radius 2 is 1.90 bits per heavy atom. The highest BCUT2D eigenvalue weighted by Crippen LogP contribution is 2.19. The fourth-order valence-electron chi connectivity index (χ4n) is 2.09. The van der Waals surface area contributed by atoms with Gasteiger partial charge in [-0.15, -0.1) is 0 Å². The number of imide groups is 1. The zero-order chi connectivity index (χ0) is 15.1. The van der Waals surface area contributed by atoms with Gasteiger partial charge in [0.15, 0.2) is 6.61 Å². The molecule has 1 aliphatic carbocycles. The molecule has 0 unspecified atom stereocenters. The maximum absolute atomic E-state index is 11.7. The summed E-state index contributed by atoms with van der Waals surface area (Å²) in [5, 5.41) is 2.19. The van der Waals surface area contributed by atoms with Crippen molar-refractivity contribution in [3.8, 4) is 0 Å². The van der Waals surface area contributed by atoms with Crippen LogP contribution in [0.25, 0.3) is 0 Å². The molecule has 2 rings (SSSR count). The number of carbonyl (C=O) groups is 3. The first-order valence-corrected chi connectivity index (χ1v) is 6.87. The standard InChI is InChI=1S/C16H17NO4/c18-14(17-15(19)12-7-3-1-4-8-12)11-21-16(20)13-9-5-2-6-10-13/h1-5,7-8,13H,6,9-11H2,(H,17,18,19)/t13-/m1/s1. The van der Waals surface area contributed by atoms with E-state index < -0.39 is 18.4 Å². The minimum Gasteiger partial charge on any atom is -0.455 e. The second kappa shape index (κ2) is 7.38. The molecule has 0 saturated carbocycles. The van der Waals surface area contributed by atoms with Gasteiger partial charge in [0.1, 0.15) is 0 Å². The molecule has 0 radical (unpaired) electrons. The molecular weight excluding hydrogens is 270 g/mol. The molecule has 0 aromatic heterocycles. The van der Waals surface area contributed by atoms with Crippen LogP contribution in [0.1, 0.15) is 29.6 Å². The van der Waals surface area contributed by atoms with Gasteiger partial charge in [0.05, 0.1) is 5.92 Å². The Bertz CT molecular complexity index is 551. The Hall–Kier alpha value is -2.43. The molecule has 1 aromatic rings. The number of benzene rings is 1. The summed E-state index contributed by atoms with van der Waals surface area (Å²) in [6.07, 6.45) is 6.19. The third-order valence-corrected chi connectivity index (χ3v) is 3.24. The van der Waals surface area contributed by atoms with Crippen LogP contribution in [-0.2, 0) is 14.3 Å². The van der Waals surface area contributed by atoms with E-state index in [9.17, 15) is 14.4 Å². The van der Waals surface area contributed by atoms with Crippen LogP contribution in [0.2, 0.25) is 0 Å². The summed E-state index contributed by atoms with van der Waals surface area (Å²) in [4.78, 5) is 35.0. The van der Waals surface area contributed by atoms with Crippen LogP contribution in [0.4, 0.5) is 0 Å². The first-order chi connectivity index (χ1) is 10.2. The summed E-state index contributed by atoms with van der Waals surface area (Å²) in [6, 6.07) is 8.39. The lowest BCUT2D eigenvalue weighted by atomic mass is 9.95. The van der Waals surface area contributed by atoms with Crippen molar-refractivity contribution in [2.75, 3.05) is 6.61 Å². The largest absolute Gasteiger partial charge is 0.455 e. The van der Waals surface area contributed by atoms with Crippen LogP contribution in [-0.4, -0.2) is 24.4 Å². The lowest BCUT2D eigenvalue weighted by Gasteiger charge is -2.16. The molecule has 5 heteroatoms. The number of hydrogen-bond donors (Lipinski definition) is 1. The first kappa shape index (κ1) is 15.0. The molecule has 0 fully saturated rings. The molecule has 2 amide bonds. The van der Waals surface area contributed by atoms with E-state index in [0.717, 1.165) is 12.8 Å². The van der Waals surface area contributed by atoms with Gasteiger partial charge in [0, 0.05) is 5.56 Å². The highest BCUT2D eigenvalue weighted by atomic mass is 16.5. The van der Waals surface area contributed by atoms with Crippen molar-refractivity contribution in [1.82, 2.24) is 5.32 Å². The van der Waals surface area contributed by atoms with Crippen LogP contribution in [0.5, 0.6) is 0 Å². The van der Waals surface area contributed by atoms with Gasteiger partial charge in [-0.3, -0.25) is 19.7 Å². The summed E-state index contributed by atoms with van der Waals surface area (Å²) in [5.41, 5.74) is 0.384. The molecule has 110 valence electrons. The fourth-order valence-corrected chi connectivity index (χ4v) is 2.09. The Labute approximate surface area is 123 Å². The molecule has 1 aromatic carbocycles. The van der Waals surface area contributed by atoms with Crippen molar-refractivity contribution in [2.24, 2.45) is 5.92 Å². The zero-order valence-electron chi connectivity index (χ0n) is 11.6. The van der Waals surface area contributed by atoms with E-state index in [-0.39, 0.29) is 11.9 Å². The number of nitrogens with one attached hydrogen (secondary N) is 1. The number of allylic oxidation sites excluding steroid dienone is 2. The molecule has 5 nitrogen and oxygen atoms in total. The lowest BCUT2D eigenvalue weighted by Crippen LogP contribution is -2.35. The molecule has 21 heavy (non-hydrogen) atoms. The number of carbonyl (C=O) groups excluding carboxylic acids is 3. The Morgan fingerprint density at radius 3 is 2.57 bits per heavy atom. The highest BCUT2D eigenvalue weighted by Gasteiger charge is 2.21. The molecular formula is C16H17NO4. The quantitative estimate of drug-likeness (QED) is 0.677. The second-order valence-electron chi connectivity index (χ2n) is 4.83. The van der Waals surface area contributed by atoms with E-state index in [1.807, 2.05) is 12.2 Å². The normalized spacial score (nSPS) is 17.0. The zero-order valence-corrected chi connectivity index (χ0v) is 11.6. The lowest BCUT2D eigenvalue weighted by molar-refractivity contribution is -0.152. The van der Waals surface area contributed by atoms with Gasteiger partial charge < -0.3 is 4.74 Å². The smallest absolute Gasteiger partial charge is 0.309 e. The van der Waals surface area contributed by atoms with E-state index in [0.29, 0.717) is 12.0 Å². The summed E-state index contributed by atoms with van der Waals surface area (Å²) < 4.78 is 4.94. The van der Waals surface area contributed by atoms with E-state index in [1.54, 1.807) is 30.3 Å². The molecule has 1 N–H and O–H groups in total. The number of rotatable bonds is 4. The van der Waals surface area contributed by atoms with Crippen molar-refractivity contribution in [3.63, 3.8) is 0 Å². The first-order valence-electron chi connectivity index (χ1n) is 6.87. The average Bonchev–Trinajstić information content (AvgIpc) is 2.54. The van der Waals surface area contributed by atoms with Crippen LogP contribution >= 0.6 is 0 Å². The van der Waals surface area contributed by atoms with E-state index in [2.05, 4.69) is 5.32 Å². The molecule has 0 aliphatic heterocycles. The van der Waals surface area contributed by atoms with Gasteiger partial charge in [0.25, 0.3) is 11.8 Å². The molecule has 0 bridgehead atoms. The number of esters is 1. The van der Waals surface area contributed by atoms with Crippen molar-refractivity contribution >= 4 is 17.8 Å². The van der Waals surface area contributed by atoms with E-state index >= 15 is 0 Å². The Morgan fingerprint density at radius 1 is 1.14 bits per heavy atom. The van der Waals surface area contributed by atoms with Crippen molar-refractivity contribution < 1.29 is 19.1 Å². The number of amides is 2. The maximum atomic E-state index is 11.7. The minimum absolute atomic E-state index is 0.187. The topological polar surface area (TPSA) is 72.5 Å². The van der Waals surface area contributed by atoms with Gasteiger partial charge in [-0.2, -0.15) is 0 Å². The number of hydrogen-bond acceptors (Lipinski definition) is 4. The maximum Gasteiger partial charge on any atom is 0.309 e. The molecule has 1 atom stereocenters. The predicted molar refractivity (Wildman–Crippen MR) is 76.4 cm³/mol. The van der Waals surface area contributed by atoms with Crippen molar-refractivity contribution in [2.45, 2.75) is 19.3 Å². The van der Waals surface area contributed by atoms with Crippen molar-refractivity contribution in [3.05, 3.63) is 48.0 Å². The monoisotopic (exact) mass is 287 g/mol. The molecule has 0 heterocycles. The van der Waals surface area contributed by atoms with Crippen LogP contribution in [0.3, 0.4) is 0 Å². The van der Waals surface area contributed by atoms with Gasteiger partial charge in [-0.05, 0) is 31.4 Å². The summed E-state index contributed by atoms with van der Waals surface area (Å²) >= 11 is 0. The van der Waals surface area contributed by atoms with Gasteiger partial charge >= 0.3 is 5.97 Å². The van der Waals surface area contributed by atoms with Gasteiger partial charge in [-0.25, -0.2) is 0 Å². The minimum atomic E-state index is -0.622. The average molecular weight is 287 g/mol. The van der Waals surface area contributed by atoms with E-state index in [4.69, 9.17) is 4.74 Å². The molecule has 0 saturated heterocycles. The second-order valence-corrected chi connectivity index (χ2v) is 4.83. The Balaban J connectivity index is 1.76. The van der Waals surface area contributed by atoms with Crippen LogP contribution < -0.4 is 5.32 Å². The predicted octanol–water partition coefficient (Wildman–Crippen LogP) is 1.84. The number of ether oxygens (including phenoxy) is 1. The third-order valence-electron chi connectivity index (χ3n) is 3.24. The van der Waals surface area contributed by atoms with E-state index in [1.165, 1.54) is 0 Å². The molecule has 1 aliphatic rings. The van der Waals surface area contributed by atoms with Gasteiger partial charge in [-0.1, -0.05) is 30.4 Å². The van der Waals surface area contributed by atoms with Crippen LogP contribution in [0, 0.1) is 5.92 Å². The van der Waals surface area contributed by atoms with Gasteiger partial charge in [0.2, 0.25) is 0 Å². The Kier molecular flexibility index (Phi) is 5.26. The summed E-state index contributed by atoms with van der Waals surface area (Å²) in [5.74, 6) is -1.70. The highest BCUT2D eigenvalue weighted by molar-refractivity contribution is 6.05. The molecule has 0 spiro atoms. The summed E-state index contributed by atoms with van der Waals surface area (Å²) in [7, 11) is 0. The third kappa shape index (κ3) is 4.56. The van der Waals surface area contributed by atoms with Crippen molar-refractivity contribution in [1.29, 1.82) is 0 Å². The summed E-state index contributed by atoms with van der Waals surface area (Å²) in [6.45, 7) is -0.433. The fraction of sp³-hybridized carbons (Fsp3) is 0.312. The van der Waals surface area contributed by atoms with Crippen LogP contribution in [0.15, 0.2) is 42.5 Å². The SMILES string of the molecule is O=C(COC(=O)[C@@H]1CC=CCC1)NC(=O)c1ccccc1.